The fraction of sp³-hybridized carbons (Fsp3) is 0.519. The molecule has 2 amide bonds. The van der Waals surface area contributed by atoms with Gasteiger partial charge in [-0.05, 0) is 75.0 Å². The number of pyridine rings is 1. The topological polar surface area (TPSA) is 127 Å². The van der Waals surface area contributed by atoms with Gasteiger partial charge >= 0.3 is 0 Å². The Morgan fingerprint density at radius 1 is 1.19 bits per heavy atom. The third kappa shape index (κ3) is 5.58. The smallest absolute Gasteiger partial charge is 0.270 e. The van der Waals surface area contributed by atoms with E-state index in [1.165, 1.54) is 0 Å². The molecular weight excluding hydrogens is 470 g/mol. The molecule has 2 saturated carbocycles. The summed E-state index contributed by atoms with van der Waals surface area (Å²) >= 11 is 0. The van der Waals surface area contributed by atoms with Gasteiger partial charge < -0.3 is 15.4 Å². The number of nitrogens with zero attached hydrogens (tertiary/aromatic N) is 4. The van der Waals surface area contributed by atoms with E-state index in [0.29, 0.717) is 36.4 Å². The van der Waals surface area contributed by atoms with Crippen LogP contribution in [0.4, 0.5) is 5.69 Å². The summed E-state index contributed by atoms with van der Waals surface area (Å²) in [5.74, 6) is 0.574. The average molecular weight is 506 g/mol. The summed E-state index contributed by atoms with van der Waals surface area (Å²) in [5.41, 5.74) is 4.76. The van der Waals surface area contributed by atoms with Crippen LogP contribution < -0.4 is 10.6 Å². The number of aromatic amines is 1. The number of aromatic nitrogens is 5. The van der Waals surface area contributed by atoms with Gasteiger partial charge in [0.25, 0.3) is 5.91 Å². The third-order valence-electron chi connectivity index (χ3n) is 7.41. The Morgan fingerprint density at radius 3 is 2.57 bits per heavy atom. The first-order valence-corrected chi connectivity index (χ1v) is 13.1. The molecule has 3 heterocycles. The number of methoxy groups -OCH3 is 1. The Morgan fingerprint density at radius 2 is 1.95 bits per heavy atom. The fourth-order valence-electron chi connectivity index (χ4n) is 5.24. The Hall–Kier alpha value is -3.53. The molecule has 0 unspecified atom stereocenters. The number of nitrogens with one attached hydrogen (secondary N) is 3. The maximum Gasteiger partial charge on any atom is 0.270 e. The molecular formula is C27H35N7O3. The number of anilines is 1. The highest BCUT2D eigenvalue weighted by Crippen LogP contribution is 2.51. The van der Waals surface area contributed by atoms with Crippen molar-refractivity contribution in [1.29, 1.82) is 0 Å². The van der Waals surface area contributed by atoms with Gasteiger partial charge in [0.2, 0.25) is 5.91 Å². The number of H-pyrrole nitrogens is 1. The number of amides is 2. The molecule has 0 aromatic carbocycles. The van der Waals surface area contributed by atoms with Crippen LogP contribution in [0.5, 0.6) is 0 Å². The standard InChI is InChI=1S/C27H35N7O3/c1-4-20-23(16(2)32-33-20)21-10-9-19(15-28-21)30-27(36)25(24(17-5-6-17)18-7-8-18)31-26(35)22-11-12-29-34(22)13-14-37-3/h9-12,15,17-18,24-25H,4-8,13-14H2,1-3H3,(H,30,36)(H,31,35)(H,32,33)/t25-/m0/s1. The lowest BCUT2D eigenvalue weighted by molar-refractivity contribution is -0.119. The van der Waals surface area contributed by atoms with E-state index in [2.05, 4.69) is 37.8 Å². The predicted octanol–water partition coefficient (Wildman–Crippen LogP) is 3.36. The minimum Gasteiger partial charge on any atom is -0.383 e. The zero-order valence-corrected chi connectivity index (χ0v) is 21.7. The molecule has 10 nitrogen and oxygen atoms in total. The Balaban J connectivity index is 1.34. The highest BCUT2D eigenvalue weighted by atomic mass is 16.5. The number of ether oxygens (including phenoxy) is 1. The van der Waals surface area contributed by atoms with Crippen LogP contribution in [-0.2, 0) is 22.5 Å². The predicted molar refractivity (Wildman–Crippen MR) is 139 cm³/mol. The van der Waals surface area contributed by atoms with Gasteiger partial charge in [-0.2, -0.15) is 10.2 Å². The maximum absolute atomic E-state index is 13.6. The van der Waals surface area contributed by atoms with Crippen molar-refractivity contribution in [3.63, 3.8) is 0 Å². The first-order chi connectivity index (χ1) is 18.0. The van der Waals surface area contributed by atoms with Crippen molar-refractivity contribution in [2.75, 3.05) is 19.0 Å². The lowest BCUT2D eigenvalue weighted by Gasteiger charge is -2.27. The summed E-state index contributed by atoms with van der Waals surface area (Å²) in [4.78, 5) is 31.5. The lowest BCUT2D eigenvalue weighted by atomic mass is 9.88. The van der Waals surface area contributed by atoms with Gasteiger partial charge in [0.05, 0.1) is 36.4 Å². The third-order valence-corrected chi connectivity index (χ3v) is 7.41. The molecule has 0 spiro atoms. The molecule has 0 aliphatic heterocycles. The SMILES string of the molecule is CCc1[nH]nc(C)c1-c1ccc(NC(=O)[C@@H](NC(=O)c2ccnn2CCOC)C(C2CC2)C2CC2)cn1. The molecule has 1 atom stereocenters. The van der Waals surface area contributed by atoms with E-state index in [9.17, 15) is 9.59 Å². The molecule has 0 radical (unpaired) electrons. The second-order valence-electron chi connectivity index (χ2n) is 10.1. The van der Waals surface area contributed by atoms with Crippen molar-refractivity contribution < 1.29 is 14.3 Å². The molecule has 37 heavy (non-hydrogen) atoms. The van der Waals surface area contributed by atoms with Crippen LogP contribution in [-0.4, -0.2) is 56.5 Å². The van der Waals surface area contributed by atoms with Crippen molar-refractivity contribution in [3.05, 3.63) is 47.7 Å². The summed E-state index contributed by atoms with van der Waals surface area (Å²) in [6, 6.07) is 4.80. The quantitative estimate of drug-likeness (QED) is 0.346. The van der Waals surface area contributed by atoms with Crippen LogP contribution in [0.25, 0.3) is 11.3 Å². The zero-order chi connectivity index (χ0) is 25.9. The van der Waals surface area contributed by atoms with Crippen LogP contribution in [0.1, 0.15) is 54.5 Å². The zero-order valence-electron chi connectivity index (χ0n) is 21.7. The monoisotopic (exact) mass is 505 g/mol. The van der Waals surface area contributed by atoms with Crippen molar-refractivity contribution in [1.82, 2.24) is 30.3 Å². The van der Waals surface area contributed by atoms with E-state index in [1.807, 2.05) is 19.1 Å². The number of aryl methyl sites for hydroxylation is 2. The van der Waals surface area contributed by atoms with Crippen LogP contribution >= 0.6 is 0 Å². The minimum atomic E-state index is -0.624. The van der Waals surface area contributed by atoms with E-state index in [-0.39, 0.29) is 17.7 Å². The molecule has 10 heteroatoms. The largest absolute Gasteiger partial charge is 0.383 e. The van der Waals surface area contributed by atoms with E-state index in [0.717, 1.165) is 54.7 Å². The first kappa shape index (κ1) is 25.1. The highest BCUT2D eigenvalue weighted by Gasteiger charge is 2.48. The molecule has 3 aromatic heterocycles. The summed E-state index contributed by atoms with van der Waals surface area (Å²) in [5, 5.41) is 17.7. The van der Waals surface area contributed by atoms with Crippen molar-refractivity contribution in [2.45, 2.75) is 58.5 Å². The van der Waals surface area contributed by atoms with Gasteiger partial charge in [0, 0.05) is 24.6 Å². The van der Waals surface area contributed by atoms with Crippen LogP contribution in [0.3, 0.4) is 0 Å². The van der Waals surface area contributed by atoms with Gasteiger partial charge in [-0.1, -0.05) is 6.92 Å². The fourth-order valence-corrected chi connectivity index (χ4v) is 5.24. The molecule has 2 aliphatic rings. The molecule has 5 rings (SSSR count). The summed E-state index contributed by atoms with van der Waals surface area (Å²) in [6.07, 6.45) is 8.50. The Bertz CT molecular complexity index is 1230. The molecule has 196 valence electrons. The van der Waals surface area contributed by atoms with Crippen LogP contribution in [0, 0.1) is 24.7 Å². The molecule has 3 aromatic rings. The number of carbonyl (C=O) groups excluding carboxylic acids is 2. The normalized spacial score (nSPS) is 16.1. The number of hydrogen-bond acceptors (Lipinski definition) is 6. The number of carbonyl (C=O) groups is 2. The van der Waals surface area contributed by atoms with Crippen molar-refractivity contribution >= 4 is 17.5 Å². The number of hydrogen-bond donors (Lipinski definition) is 3. The molecule has 0 bridgehead atoms. The van der Waals surface area contributed by atoms with Gasteiger partial charge in [-0.25, -0.2) is 0 Å². The highest BCUT2D eigenvalue weighted by molar-refractivity contribution is 6.00. The van der Waals surface area contributed by atoms with E-state index >= 15 is 0 Å². The first-order valence-electron chi connectivity index (χ1n) is 13.1. The summed E-state index contributed by atoms with van der Waals surface area (Å²) in [6.45, 7) is 4.93. The molecule has 2 fully saturated rings. The van der Waals surface area contributed by atoms with E-state index in [1.54, 1.807) is 30.3 Å². The Kier molecular flexibility index (Phi) is 7.36. The van der Waals surface area contributed by atoms with E-state index < -0.39 is 6.04 Å². The molecule has 0 saturated heterocycles. The second kappa shape index (κ2) is 10.8. The number of rotatable bonds is 12. The Labute approximate surface area is 216 Å². The molecule has 3 N–H and O–H groups in total. The minimum absolute atomic E-state index is 0.132. The van der Waals surface area contributed by atoms with Crippen LogP contribution in [0.2, 0.25) is 0 Å². The van der Waals surface area contributed by atoms with Gasteiger partial charge in [-0.3, -0.25) is 24.4 Å². The molecule has 2 aliphatic carbocycles. The average Bonchev–Trinajstić information content (AvgIpc) is 3.83. The van der Waals surface area contributed by atoms with Gasteiger partial charge in [0.15, 0.2) is 0 Å². The summed E-state index contributed by atoms with van der Waals surface area (Å²) in [7, 11) is 1.61. The van der Waals surface area contributed by atoms with E-state index in [4.69, 9.17) is 4.74 Å². The lowest BCUT2D eigenvalue weighted by Crippen LogP contribution is -2.50. The van der Waals surface area contributed by atoms with Crippen molar-refractivity contribution in [3.8, 4) is 11.3 Å². The van der Waals surface area contributed by atoms with Crippen LogP contribution in [0.15, 0.2) is 30.6 Å². The summed E-state index contributed by atoms with van der Waals surface area (Å²) < 4.78 is 6.75. The van der Waals surface area contributed by atoms with Gasteiger partial charge in [0.1, 0.15) is 11.7 Å². The maximum atomic E-state index is 13.6. The van der Waals surface area contributed by atoms with Gasteiger partial charge in [-0.15, -0.1) is 0 Å². The second-order valence-corrected chi connectivity index (χ2v) is 10.1. The van der Waals surface area contributed by atoms with Crippen molar-refractivity contribution in [2.24, 2.45) is 17.8 Å².